The third-order valence-corrected chi connectivity index (χ3v) is 9.22. The first kappa shape index (κ1) is 26.6. The molecule has 0 saturated carbocycles. The van der Waals surface area contributed by atoms with Gasteiger partial charge in [-0.15, -0.1) is 11.6 Å². The second-order valence-electron chi connectivity index (χ2n) is 12.6. The summed E-state index contributed by atoms with van der Waals surface area (Å²) in [5, 5.41) is 6.53. The number of aromatic nitrogens is 2. The number of nitrogens with zero attached hydrogens (tertiary/aromatic N) is 2. The lowest BCUT2D eigenvalue weighted by Gasteiger charge is -2.28. The van der Waals surface area contributed by atoms with Gasteiger partial charge in [-0.2, -0.15) is 13.2 Å². The van der Waals surface area contributed by atoms with E-state index in [1.807, 2.05) is 40.8 Å². The Bertz CT molecular complexity index is 2240. The SMILES string of the molecule is C=[n+]1ccc2c3cccc4c5c(CC(C)(C)C(F)(F)F)cccc5[n+](c43)[c-]2[c-]1-c1cc(C(C)C)c2ccccc2c1C. The monoisotopic (exact) mass is 562 g/mol. The second kappa shape index (κ2) is 8.87. The van der Waals surface area contributed by atoms with Crippen LogP contribution in [-0.4, -0.2) is 6.18 Å². The van der Waals surface area contributed by atoms with Gasteiger partial charge in [-0.05, 0) is 40.1 Å². The number of alkyl halides is 3. The number of hydrogen-bond acceptors (Lipinski definition) is 0. The lowest BCUT2D eigenvalue weighted by Crippen LogP contribution is -2.34. The van der Waals surface area contributed by atoms with Gasteiger partial charge in [0.15, 0.2) is 16.7 Å². The van der Waals surface area contributed by atoms with Crippen molar-refractivity contribution >= 4 is 48.9 Å². The van der Waals surface area contributed by atoms with Crippen molar-refractivity contribution in [3.8, 4) is 11.3 Å². The highest BCUT2D eigenvalue weighted by Gasteiger charge is 2.47. The predicted molar refractivity (Wildman–Crippen MR) is 165 cm³/mol. The standard InChI is InChI=1S/C37H33F3N2/c1-21(2)29-19-30(22(3)24-12-7-8-13-25(24)29)34-35-27(17-18-41(34)6)26-14-10-15-28-32-23(20-36(4,5)37(38,39)40)11-9-16-31(32)42(35)33(26)28/h7-19,21H,6,20H2,1-5H3. The van der Waals surface area contributed by atoms with Crippen LogP contribution in [0.5, 0.6) is 0 Å². The van der Waals surface area contributed by atoms with E-state index in [4.69, 9.17) is 0 Å². The molecule has 5 heteroatoms. The minimum atomic E-state index is -4.31. The fourth-order valence-corrected chi connectivity index (χ4v) is 6.94. The minimum Gasteiger partial charge on any atom is -0.266 e. The fourth-order valence-electron chi connectivity index (χ4n) is 6.94. The average Bonchev–Trinajstić information content (AvgIpc) is 3.45. The van der Waals surface area contributed by atoms with Crippen molar-refractivity contribution in [1.29, 1.82) is 0 Å². The highest BCUT2D eigenvalue weighted by atomic mass is 19.4. The number of benzene rings is 4. The molecule has 0 aliphatic heterocycles. The van der Waals surface area contributed by atoms with Gasteiger partial charge < -0.3 is 0 Å². The molecule has 42 heavy (non-hydrogen) atoms. The van der Waals surface area contributed by atoms with Crippen LogP contribution in [0.2, 0.25) is 0 Å². The smallest absolute Gasteiger partial charge is 0.266 e. The van der Waals surface area contributed by atoms with E-state index in [1.54, 1.807) is 0 Å². The maximum absolute atomic E-state index is 14.0. The number of pyridine rings is 1. The van der Waals surface area contributed by atoms with Crippen LogP contribution in [0.15, 0.2) is 79.0 Å². The maximum atomic E-state index is 14.0. The van der Waals surface area contributed by atoms with Crippen LogP contribution >= 0.6 is 0 Å². The molecule has 0 unspecified atom stereocenters. The summed E-state index contributed by atoms with van der Waals surface area (Å²) < 4.78 is 46.3. The van der Waals surface area contributed by atoms with Gasteiger partial charge in [0.05, 0.1) is 18.3 Å². The van der Waals surface area contributed by atoms with Crippen molar-refractivity contribution in [3.05, 3.63) is 102 Å². The number of fused-ring (bicyclic) bond motifs is 7. The van der Waals surface area contributed by atoms with E-state index in [9.17, 15) is 13.2 Å². The van der Waals surface area contributed by atoms with Gasteiger partial charge in [-0.25, -0.2) is 4.40 Å². The highest BCUT2D eigenvalue weighted by molar-refractivity contribution is 6.19. The largest absolute Gasteiger partial charge is 0.394 e. The van der Waals surface area contributed by atoms with E-state index < -0.39 is 11.6 Å². The normalized spacial score (nSPS) is 13.2. The van der Waals surface area contributed by atoms with Crippen molar-refractivity contribution in [2.45, 2.75) is 53.1 Å². The molecule has 0 atom stereocenters. The number of aryl methyl sites for hydroxylation is 1. The minimum absolute atomic E-state index is 0.0947. The van der Waals surface area contributed by atoms with Crippen molar-refractivity contribution in [2.24, 2.45) is 5.41 Å². The number of rotatable bonds is 4. The summed E-state index contributed by atoms with van der Waals surface area (Å²) in [6.07, 6.45) is -2.39. The fraction of sp³-hybridized carbons (Fsp3) is 0.243. The van der Waals surface area contributed by atoms with Gasteiger partial charge in [0.1, 0.15) is 5.52 Å². The molecule has 7 rings (SSSR count). The van der Waals surface area contributed by atoms with E-state index in [-0.39, 0.29) is 6.42 Å². The Morgan fingerprint density at radius 3 is 2.24 bits per heavy atom. The Balaban J connectivity index is 1.65. The molecule has 0 bridgehead atoms. The molecule has 2 nitrogen and oxygen atoms in total. The second-order valence-corrected chi connectivity index (χ2v) is 12.6. The molecule has 4 aromatic carbocycles. The van der Waals surface area contributed by atoms with Crippen LogP contribution in [0, 0.1) is 19.1 Å². The van der Waals surface area contributed by atoms with Crippen molar-refractivity contribution in [2.75, 3.05) is 0 Å². The van der Waals surface area contributed by atoms with Gasteiger partial charge in [0, 0.05) is 10.8 Å². The molecule has 0 N–H and O–H groups in total. The summed E-state index contributed by atoms with van der Waals surface area (Å²) in [4.78, 5) is 0. The summed E-state index contributed by atoms with van der Waals surface area (Å²) in [6.45, 7) is 13.6. The highest BCUT2D eigenvalue weighted by Crippen LogP contribution is 2.44. The van der Waals surface area contributed by atoms with Crippen molar-refractivity contribution in [3.63, 3.8) is 0 Å². The molecule has 7 aromatic rings. The van der Waals surface area contributed by atoms with E-state index in [0.29, 0.717) is 11.5 Å². The van der Waals surface area contributed by atoms with Crippen molar-refractivity contribution in [1.82, 2.24) is 0 Å². The van der Waals surface area contributed by atoms with Crippen LogP contribution < -0.4 is 8.64 Å². The van der Waals surface area contributed by atoms with Crippen LogP contribution in [0.3, 0.4) is 0 Å². The first-order valence-corrected chi connectivity index (χ1v) is 14.5. The van der Waals surface area contributed by atoms with E-state index in [1.165, 1.54) is 35.7 Å². The summed E-state index contributed by atoms with van der Waals surface area (Å²) in [6, 6.07) is 24.9. The third-order valence-electron chi connectivity index (χ3n) is 9.22. The molecule has 0 fully saturated rings. The molecule has 0 aliphatic rings. The number of halogens is 3. The summed E-state index contributed by atoms with van der Waals surface area (Å²) in [7, 11) is 0. The molecule has 3 heterocycles. The molecule has 0 radical (unpaired) electrons. The Morgan fingerprint density at radius 1 is 0.857 bits per heavy atom. The van der Waals surface area contributed by atoms with Gasteiger partial charge >= 0.3 is 6.18 Å². The first-order valence-electron chi connectivity index (χ1n) is 14.5. The van der Waals surface area contributed by atoms with E-state index in [2.05, 4.69) is 74.4 Å². The van der Waals surface area contributed by atoms with Gasteiger partial charge in [-0.3, -0.25) is 4.24 Å². The zero-order valence-electron chi connectivity index (χ0n) is 24.5. The molecule has 0 amide bonds. The quantitative estimate of drug-likeness (QED) is 0.149. The average molecular weight is 563 g/mol. The van der Waals surface area contributed by atoms with Gasteiger partial charge in [0.25, 0.3) is 0 Å². The van der Waals surface area contributed by atoms with Crippen LogP contribution in [0.25, 0.3) is 60.1 Å². The third kappa shape index (κ3) is 3.58. The molecule has 0 spiro atoms. The summed E-state index contributed by atoms with van der Waals surface area (Å²) >= 11 is 0. The Morgan fingerprint density at radius 2 is 1.52 bits per heavy atom. The van der Waals surface area contributed by atoms with E-state index >= 15 is 0 Å². The van der Waals surface area contributed by atoms with Crippen LogP contribution in [0.1, 0.15) is 50.3 Å². The first-order chi connectivity index (χ1) is 19.9. The lowest BCUT2D eigenvalue weighted by atomic mass is 9.83. The van der Waals surface area contributed by atoms with Crippen LogP contribution in [-0.2, 0) is 6.42 Å². The zero-order valence-corrected chi connectivity index (χ0v) is 24.5. The predicted octanol–water partition coefficient (Wildman–Crippen LogP) is 9.35. The lowest BCUT2D eigenvalue weighted by molar-refractivity contribution is -0.497. The van der Waals surface area contributed by atoms with Crippen LogP contribution in [0.4, 0.5) is 13.2 Å². The summed E-state index contributed by atoms with van der Waals surface area (Å²) in [5.41, 5.74) is 6.39. The Labute approximate surface area is 242 Å². The molecule has 3 aromatic heterocycles. The topological polar surface area (TPSA) is 10.0 Å². The molecular formula is C37H33F3N2. The molecule has 0 saturated heterocycles. The van der Waals surface area contributed by atoms with Gasteiger partial charge in [-0.1, -0.05) is 112 Å². The Kier molecular flexibility index (Phi) is 5.63. The summed E-state index contributed by atoms with van der Waals surface area (Å²) in [5.74, 6) is 0.320. The van der Waals surface area contributed by atoms with Crippen molar-refractivity contribution < 1.29 is 21.8 Å². The number of para-hydroxylation sites is 1. The molecule has 212 valence electrons. The van der Waals surface area contributed by atoms with Gasteiger partial charge in [0.2, 0.25) is 0 Å². The Hall–Kier alpha value is -4.25. The molecule has 0 aliphatic carbocycles. The number of hydrogen-bond donors (Lipinski definition) is 0. The maximum Gasteiger partial charge on any atom is 0.394 e. The van der Waals surface area contributed by atoms with E-state index in [0.717, 1.165) is 49.4 Å². The molecular weight excluding hydrogens is 529 g/mol. The zero-order chi connectivity index (χ0) is 29.7.